The van der Waals surface area contributed by atoms with Gasteiger partial charge in [-0.25, -0.2) is 19.7 Å². The molecule has 0 bridgehead atoms. The molecule has 0 aliphatic heterocycles. The topological polar surface area (TPSA) is 108 Å². The summed E-state index contributed by atoms with van der Waals surface area (Å²) in [5.41, 5.74) is 9.54. The molecule has 4 aromatic rings. The van der Waals surface area contributed by atoms with Crippen LogP contribution >= 0.6 is 0 Å². The quantitative estimate of drug-likeness (QED) is 0.516. The van der Waals surface area contributed by atoms with Crippen molar-refractivity contribution in [3.8, 4) is 5.82 Å². The Labute approximate surface area is 161 Å². The van der Waals surface area contributed by atoms with Gasteiger partial charge >= 0.3 is 5.97 Å². The molecule has 0 spiro atoms. The smallest absolute Gasteiger partial charge is 0.338 e. The zero-order valence-corrected chi connectivity index (χ0v) is 15.2. The number of carbonyl (C=O) groups excluding carboxylic acids is 1. The van der Waals surface area contributed by atoms with Crippen LogP contribution in [0.1, 0.15) is 17.3 Å². The molecule has 4 rings (SSSR count). The van der Waals surface area contributed by atoms with Crippen LogP contribution in [-0.2, 0) is 4.74 Å². The number of esters is 1. The van der Waals surface area contributed by atoms with Crippen molar-refractivity contribution >= 4 is 34.2 Å². The summed E-state index contributed by atoms with van der Waals surface area (Å²) in [6.45, 7) is 2.08. The molecule has 0 radical (unpaired) electrons. The van der Waals surface area contributed by atoms with Crippen LogP contribution in [-0.4, -0.2) is 32.1 Å². The highest BCUT2D eigenvalue weighted by molar-refractivity contribution is 5.91. The van der Waals surface area contributed by atoms with Gasteiger partial charge in [0.1, 0.15) is 18.3 Å². The van der Waals surface area contributed by atoms with Gasteiger partial charge in [-0.1, -0.05) is 18.2 Å². The Kier molecular flexibility index (Phi) is 4.59. The fourth-order valence-corrected chi connectivity index (χ4v) is 2.88. The first kappa shape index (κ1) is 17.5. The van der Waals surface area contributed by atoms with Gasteiger partial charge in [0.05, 0.1) is 23.2 Å². The maximum Gasteiger partial charge on any atom is 0.338 e. The van der Waals surface area contributed by atoms with Crippen LogP contribution < -0.4 is 11.1 Å². The number of nitrogens with one attached hydrogen (secondary N) is 1. The van der Waals surface area contributed by atoms with Crippen LogP contribution in [0.4, 0.5) is 17.2 Å². The fraction of sp³-hybridized carbons (Fsp3) is 0.100. The largest absolute Gasteiger partial charge is 0.462 e. The van der Waals surface area contributed by atoms with Crippen molar-refractivity contribution in [2.45, 2.75) is 6.92 Å². The normalized spacial score (nSPS) is 10.8. The summed E-state index contributed by atoms with van der Waals surface area (Å²) < 4.78 is 6.85. The molecule has 2 heterocycles. The third-order valence-electron chi connectivity index (χ3n) is 4.18. The number of fused-ring (bicyclic) bond motifs is 1. The second kappa shape index (κ2) is 7.36. The van der Waals surface area contributed by atoms with Gasteiger partial charge in [-0.15, -0.1) is 0 Å². The van der Waals surface area contributed by atoms with Crippen LogP contribution in [0, 0.1) is 0 Å². The van der Waals surface area contributed by atoms with E-state index in [9.17, 15) is 4.79 Å². The predicted octanol–water partition coefficient (Wildman–Crippen LogP) is 3.32. The van der Waals surface area contributed by atoms with Gasteiger partial charge in [0.25, 0.3) is 0 Å². The summed E-state index contributed by atoms with van der Waals surface area (Å²) in [4.78, 5) is 24.9. The Morgan fingerprint density at radius 1 is 1.14 bits per heavy atom. The second-order valence-corrected chi connectivity index (χ2v) is 5.99. The Hall–Kier alpha value is -3.94. The summed E-state index contributed by atoms with van der Waals surface area (Å²) in [6, 6.07) is 14.7. The van der Waals surface area contributed by atoms with Crippen molar-refractivity contribution in [2.75, 3.05) is 17.7 Å². The number of hydrogen-bond acceptors (Lipinski definition) is 7. The van der Waals surface area contributed by atoms with Crippen LogP contribution in [0.5, 0.6) is 0 Å². The molecule has 2 aromatic carbocycles. The Morgan fingerprint density at radius 3 is 2.86 bits per heavy atom. The molecule has 0 unspecified atom stereocenters. The molecule has 0 aliphatic carbocycles. The lowest BCUT2D eigenvalue weighted by atomic mass is 10.2. The number of nitrogen functional groups attached to an aromatic ring is 1. The van der Waals surface area contributed by atoms with Crippen LogP contribution in [0.15, 0.2) is 61.2 Å². The van der Waals surface area contributed by atoms with E-state index < -0.39 is 0 Å². The highest BCUT2D eigenvalue weighted by Gasteiger charge is 2.14. The average Bonchev–Trinajstić information content (AvgIpc) is 3.14. The van der Waals surface area contributed by atoms with E-state index in [0.717, 1.165) is 11.0 Å². The third-order valence-corrected chi connectivity index (χ3v) is 4.18. The van der Waals surface area contributed by atoms with Gasteiger partial charge in [0.2, 0.25) is 0 Å². The summed E-state index contributed by atoms with van der Waals surface area (Å²) in [5, 5.41) is 3.14. The van der Waals surface area contributed by atoms with Gasteiger partial charge < -0.3 is 15.8 Å². The first-order valence-corrected chi connectivity index (χ1v) is 8.74. The molecule has 3 N–H and O–H groups in total. The fourth-order valence-electron chi connectivity index (χ4n) is 2.88. The lowest BCUT2D eigenvalue weighted by Crippen LogP contribution is -2.08. The molecule has 0 saturated heterocycles. The van der Waals surface area contributed by atoms with Crippen molar-refractivity contribution in [3.05, 3.63) is 66.7 Å². The zero-order chi connectivity index (χ0) is 19.5. The molecule has 0 amide bonds. The lowest BCUT2D eigenvalue weighted by Gasteiger charge is -2.12. The number of nitrogens with two attached hydrogens (primary N) is 1. The Balaban J connectivity index is 1.68. The standard InChI is InChI=1S/C20H18N6O2/c1-2-28-20(27)13-6-5-7-14(10-13)25-18-17(21)19(23-11-22-18)26-12-24-15-8-3-4-9-16(15)26/h3-12H,2,21H2,1H3,(H,22,23,25). The predicted molar refractivity (Wildman–Crippen MR) is 107 cm³/mol. The van der Waals surface area contributed by atoms with Gasteiger partial charge in [-0.2, -0.15) is 0 Å². The highest BCUT2D eigenvalue weighted by Crippen LogP contribution is 2.27. The van der Waals surface area contributed by atoms with E-state index in [2.05, 4.69) is 20.3 Å². The molecule has 0 aliphatic rings. The average molecular weight is 374 g/mol. The molecule has 0 atom stereocenters. The number of anilines is 3. The molecular weight excluding hydrogens is 356 g/mol. The van der Waals surface area contributed by atoms with Crippen LogP contribution in [0.3, 0.4) is 0 Å². The van der Waals surface area contributed by atoms with Gasteiger partial charge in [0, 0.05) is 5.69 Å². The zero-order valence-electron chi connectivity index (χ0n) is 15.2. The number of carbonyl (C=O) groups is 1. The van der Waals surface area contributed by atoms with Crippen molar-refractivity contribution in [1.82, 2.24) is 19.5 Å². The maximum atomic E-state index is 11.9. The molecular formula is C20H18N6O2. The molecule has 140 valence electrons. The second-order valence-electron chi connectivity index (χ2n) is 5.99. The van der Waals surface area contributed by atoms with Gasteiger partial charge in [-0.3, -0.25) is 4.57 Å². The number of ether oxygens (including phenoxy) is 1. The maximum absolute atomic E-state index is 11.9. The Morgan fingerprint density at radius 2 is 2.00 bits per heavy atom. The van der Waals surface area contributed by atoms with Crippen LogP contribution in [0.25, 0.3) is 16.9 Å². The van der Waals surface area contributed by atoms with E-state index in [1.807, 2.05) is 34.9 Å². The minimum Gasteiger partial charge on any atom is -0.462 e. The summed E-state index contributed by atoms with van der Waals surface area (Å²) >= 11 is 0. The van der Waals surface area contributed by atoms with Crippen molar-refractivity contribution in [1.29, 1.82) is 0 Å². The minimum absolute atomic E-state index is 0.317. The summed E-state index contributed by atoms with van der Waals surface area (Å²) in [7, 11) is 0. The first-order chi connectivity index (χ1) is 13.7. The number of aromatic nitrogens is 4. The number of benzene rings is 2. The molecule has 8 nitrogen and oxygen atoms in total. The first-order valence-electron chi connectivity index (χ1n) is 8.74. The number of nitrogens with zero attached hydrogens (tertiary/aromatic N) is 4. The molecule has 2 aromatic heterocycles. The van der Waals surface area contributed by atoms with E-state index >= 15 is 0 Å². The van der Waals surface area contributed by atoms with Crippen molar-refractivity contribution in [2.24, 2.45) is 0 Å². The van der Waals surface area contributed by atoms with Crippen molar-refractivity contribution in [3.63, 3.8) is 0 Å². The van der Waals surface area contributed by atoms with Gasteiger partial charge in [-0.05, 0) is 37.3 Å². The third kappa shape index (κ3) is 3.23. The summed E-state index contributed by atoms with van der Waals surface area (Å²) in [6.07, 6.45) is 3.10. The molecule has 0 saturated carbocycles. The number of hydrogen-bond donors (Lipinski definition) is 2. The number of para-hydroxylation sites is 2. The lowest BCUT2D eigenvalue weighted by molar-refractivity contribution is 0.0526. The highest BCUT2D eigenvalue weighted by atomic mass is 16.5. The number of rotatable bonds is 5. The SMILES string of the molecule is CCOC(=O)c1cccc(Nc2ncnc(-n3cnc4ccccc43)c2N)c1. The van der Waals surface area contributed by atoms with Gasteiger partial charge in [0.15, 0.2) is 11.6 Å². The van der Waals surface area contributed by atoms with Crippen LogP contribution in [0.2, 0.25) is 0 Å². The van der Waals surface area contributed by atoms with E-state index in [4.69, 9.17) is 10.5 Å². The monoisotopic (exact) mass is 374 g/mol. The van der Waals surface area contributed by atoms with E-state index in [0.29, 0.717) is 35.2 Å². The number of imidazole rings is 1. The van der Waals surface area contributed by atoms with Crippen molar-refractivity contribution < 1.29 is 9.53 Å². The molecule has 28 heavy (non-hydrogen) atoms. The molecule has 8 heteroatoms. The van der Waals surface area contributed by atoms with E-state index in [1.54, 1.807) is 31.5 Å². The minimum atomic E-state index is -0.382. The molecule has 0 fully saturated rings. The van der Waals surface area contributed by atoms with E-state index in [-0.39, 0.29) is 5.97 Å². The summed E-state index contributed by atoms with van der Waals surface area (Å²) in [5.74, 6) is 0.573. The van der Waals surface area contributed by atoms with E-state index in [1.165, 1.54) is 6.33 Å². The Bertz CT molecular complexity index is 1150.